The SMILES string of the molecule is C#CC(C1CC1)C(O)(F)F. The van der Waals surface area contributed by atoms with E-state index in [4.69, 9.17) is 11.5 Å². The predicted octanol–water partition coefficient (Wildman–Crippen LogP) is 1.23. The molecule has 0 spiro atoms. The number of terminal acetylenes is 1. The highest BCUT2D eigenvalue weighted by atomic mass is 19.3. The predicted molar refractivity (Wildman–Crippen MR) is 32.2 cm³/mol. The Hall–Kier alpha value is -0.620. The maximum atomic E-state index is 12.1. The topological polar surface area (TPSA) is 20.2 Å². The van der Waals surface area contributed by atoms with Gasteiger partial charge in [-0.1, -0.05) is 5.92 Å². The summed E-state index contributed by atoms with van der Waals surface area (Å²) in [4.78, 5) is 0. The molecule has 0 aliphatic heterocycles. The van der Waals surface area contributed by atoms with Gasteiger partial charge in [0.05, 0.1) is 0 Å². The highest BCUT2D eigenvalue weighted by Crippen LogP contribution is 2.42. The molecule has 0 saturated heterocycles. The van der Waals surface area contributed by atoms with Crippen LogP contribution in [-0.4, -0.2) is 11.2 Å². The number of rotatable bonds is 2. The van der Waals surface area contributed by atoms with Crippen molar-refractivity contribution in [2.75, 3.05) is 0 Å². The fourth-order valence-corrected chi connectivity index (χ4v) is 0.949. The summed E-state index contributed by atoms with van der Waals surface area (Å²) < 4.78 is 24.2. The average molecular weight is 146 g/mol. The molecule has 0 heterocycles. The largest absolute Gasteiger partial charge is 0.367 e. The second-order valence-electron chi connectivity index (χ2n) is 2.57. The second kappa shape index (κ2) is 2.21. The van der Waals surface area contributed by atoms with E-state index in [1.165, 1.54) is 0 Å². The Labute approximate surface area is 58.0 Å². The molecule has 1 fully saturated rings. The van der Waals surface area contributed by atoms with Crippen molar-refractivity contribution in [1.29, 1.82) is 0 Å². The molecule has 0 bridgehead atoms. The van der Waals surface area contributed by atoms with Crippen LogP contribution in [0.2, 0.25) is 0 Å². The third-order valence-corrected chi connectivity index (χ3v) is 1.65. The van der Waals surface area contributed by atoms with E-state index < -0.39 is 12.0 Å². The van der Waals surface area contributed by atoms with Crippen LogP contribution in [0.1, 0.15) is 12.8 Å². The third-order valence-electron chi connectivity index (χ3n) is 1.65. The molecule has 0 aromatic heterocycles. The molecular formula is C7H8F2O. The molecule has 1 atom stereocenters. The minimum atomic E-state index is -3.68. The van der Waals surface area contributed by atoms with Crippen LogP contribution < -0.4 is 0 Å². The summed E-state index contributed by atoms with van der Waals surface area (Å²) in [5, 5.41) is 8.21. The molecule has 0 aromatic rings. The third kappa shape index (κ3) is 1.45. The van der Waals surface area contributed by atoms with Gasteiger partial charge in [0.2, 0.25) is 0 Å². The van der Waals surface area contributed by atoms with Gasteiger partial charge in [0.1, 0.15) is 5.92 Å². The van der Waals surface area contributed by atoms with Gasteiger partial charge in [0.25, 0.3) is 0 Å². The Morgan fingerprint density at radius 2 is 2.10 bits per heavy atom. The van der Waals surface area contributed by atoms with Crippen LogP contribution in [0, 0.1) is 24.2 Å². The zero-order valence-corrected chi connectivity index (χ0v) is 5.35. The van der Waals surface area contributed by atoms with E-state index in [1.54, 1.807) is 0 Å². The zero-order chi connectivity index (χ0) is 7.78. The van der Waals surface area contributed by atoms with Crippen LogP contribution in [0.4, 0.5) is 8.78 Å². The smallest absolute Gasteiger partial charge is 0.335 e. The quantitative estimate of drug-likeness (QED) is 0.581. The van der Waals surface area contributed by atoms with Crippen molar-refractivity contribution in [2.45, 2.75) is 19.0 Å². The summed E-state index contributed by atoms with van der Waals surface area (Å²) in [5.74, 6) is 0.471. The van der Waals surface area contributed by atoms with Gasteiger partial charge in [-0.25, -0.2) is 0 Å². The zero-order valence-electron chi connectivity index (χ0n) is 5.35. The lowest BCUT2D eigenvalue weighted by Gasteiger charge is -2.15. The van der Waals surface area contributed by atoms with Gasteiger partial charge in [0, 0.05) is 0 Å². The Bertz CT molecular complexity index is 161. The molecule has 1 rings (SSSR count). The maximum absolute atomic E-state index is 12.1. The average Bonchev–Trinajstić information content (AvgIpc) is 2.46. The van der Waals surface area contributed by atoms with Crippen LogP contribution in [0.15, 0.2) is 0 Å². The van der Waals surface area contributed by atoms with E-state index in [0.29, 0.717) is 12.8 Å². The molecule has 0 amide bonds. The van der Waals surface area contributed by atoms with Crippen molar-refractivity contribution < 1.29 is 13.9 Å². The first-order valence-corrected chi connectivity index (χ1v) is 3.12. The first-order valence-electron chi connectivity index (χ1n) is 3.12. The van der Waals surface area contributed by atoms with Crippen LogP contribution >= 0.6 is 0 Å². The molecule has 3 heteroatoms. The van der Waals surface area contributed by atoms with Crippen molar-refractivity contribution >= 4 is 0 Å². The lowest BCUT2D eigenvalue weighted by Crippen LogP contribution is -2.27. The minimum Gasteiger partial charge on any atom is -0.335 e. The minimum absolute atomic E-state index is 0.162. The van der Waals surface area contributed by atoms with E-state index in [1.807, 2.05) is 5.92 Å². The first kappa shape index (κ1) is 7.49. The van der Waals surface area contributed by atoms with Gasteiger partial charge in [0.15, 0.2) is 0 Å². The van der Waals surface area contributed by atoms with Crippen LogP contribution in [0.5, 0.6) is 0 Å². The molecule has 10 heavy (non-hydrogen) atoms. The van der Waals surface area contributed by atoms with Crippen molar-refractivity contribution in [3.63, 3.8) is 0 Å². The Kier molecular flexibility index (Phi) is 1.65. The van der Waals surface area contributed by atoms with Crippen molar-refractivity contribution in [2.24, 2.45) is 11.8 Å². The number of halogens is 2. The molecular weight excluding hydrogens is 138 g/mol. The fourth-order valence-electron chi connectivity index (χ4n) is 0.949. The first-order chi connectivity index (χ1) is 4.55. The van der Waals surface area contributed by atoms with E-state index in [-0.39, 0.29) is 5.92 Å². The maximum Gasteiger partial charge on any atom is 0.367 e. The molecule has 0 radical (unpaired) electrons. The standard InChI is InChI=1S/C7H8F2O/c1-2-6(5-3-4-5)7(8,9)10/h1,5-6,10H,3-4H2. The molecule has 1 saturated carbocycles. The molecule has 1 aliphatic rings. The monoisotopic (exact) mass is 146 g/mol. The molecule has 1 unspecified atom stereocenters. The van der Waals surface area contributed by atoms with Crippen molar-refractivity contribution in [3.8, 4) is 12.3 Å². The molecule has 0 aromatic carbocycles. The fraction of sp³-hybridized carbons (Fsp3) is 0.714. The Morgan fingerprint density at radius 1 is 1.60 bits per heavy atom. The van der Waals surface area contributed by atoms with Gasteiger partial charge in [-0.2, -0.15) is 8.78 Å². The Balaban J connectivity index is 2.57. The molecule has 1 aliphatic carbocycles. The summed E-state index contributed by atoms with van der Waals surface area (Å²) in [6.07, 6.45) is 2.55. The van der Waals surface area contributed by atoms with Crippen LogP contribution in [-0.2, 0) is 0 Å². The summed E-state index contributed by atoms with van der Waals surface area (Å²) in [6.45, 7) is 0. The number of alkyl halides is 2. The van der Waals surface area contributed by atoms with Crippen molar-refractivity contribution in [3.05, 3.63) is 0 Å². The van der Waals surface area contributed by atoms with E-state index >= 15 is 0 Å². The Morgan fingerprint density at radius 3 is 2.20 bits per heavy atom. The van der Waals surface area contributed by atoms with E-state index in [0.717, 1.165) is 0 Å². The molecule has 1 nitrogen and oxygen atoms in total. The van der Waals surface area contributed by atoms with Gasteiger partial charge >= 0.3 is 6.11 Å². The van der Waals surface area contributed by atoms with Crippen molar-refractivity contribution in [1.82, 2.24) is 0 Å². The second-order valence-corrected chi connectivity index (χ2v) is 2.57. The van der Waals surface area contributed by atoms with E-state index in [9.17, 15) is 8.78 Å². The van der Waals surface area contributed by atoms with Crippen LogP contribution in [0.3, 0.4) is 0 Å². The summed E-state index contributed by atoms with van der Waals surface area (Å²) >= 11 is 0. The highest BCUT2D eigenvalue weighted by molar-refractivity contribution is 5.03. The van der Waals surface area contributed by atoms with E-state index in [2.05, 4.69) is 0 Å². The summed E-state index contributed by atoms with van der Waals surface area (Å²) in [5.41, 5.74) is 0. The molecule has 1 N–H and O–H groups in total. The van der Waals surface area contributed by atoms with Gasteiger partial charge in [-0.3, -0.25) is 0 Å². The normalized spacial score (nSPS) is 21.8. The number of hydrogen-bond acceptors (Lipinski definition) is 1. The summed E-state index contributed by atoms with van der Waals surface area (Å²) in [6, 6.07) is 0. The highest BCUT2D eigenvalue weighted by Gasteiger charge is 2.45. The van der Waals surface area contributed by atoms with Crippen LogP contribution in [0.25, 0.3) is 0 Å². The number of aliphatic hydroxyl groups is 1. The molecule has 56 valence electrons. The summed E-state index contributed by atoms with van der Waals surface area (Å²) in [7, 11) is 0. The van der Waals surface area contributed by atoms with Gasteiger partial charge in [-0.05, 0) is 18.8 Å². The lowest BCUT2D eigenvalue weighted by molar-refractivity contribution is -0.227. The lowest BCUT2D eigenvalue weighted by atomic mass is 10.0. The number of hydrogen-bond donors (Lipinski definition) is 1. The van der Waals surface area contributed by atoms with Gasteiger partial charge < -0.3 is 5.11 Å². The van der Waals surface area contributed by atoms with Gasteiger partial charge in [-0.15, -0.1) is 6.42 Å².